The summed E-state index contributed by atoms with van der Waals surface area (Å²) in [5, 5.41) is 8.22. The molecule has 62 valence electrons. The lowest BCUT2D eigenvalue weighted by molar-refractivity contribution is 0.367. The molecule has 0 saturated heterocycles. The van der Waals surface area contributed by atoms with Crippen LogP contribution in [-0.2, 0) is 0 Å². The van der Waals surface area contributed by atoms with Crippen molar-refractivity contribution in [2.45, 2.75) is 39.2 Å². The SMILES string of the molecule is CCCC(CC)n1nccn1. The maximum atomic E-state index is 4.11. The molecule has 0 aliphatic rings. The van der Waals surface area contributed by atoms with Gasteiger partial charge in [0, 0.05) is 0 Å². The van der Waals surface area contributed by atoms with Gasteiger partial charge in [-0.1, -0.05) is 20.3 Å². The number of aromatic nitrogens is 3. The molecule has 0 fully saturated rings. The lowest BCUT2D eigenvalue weighted by Crippen LogP contribution is -2.10. The van der Waals surface area contributed by atoms with E-state index in [-0.39, 0.29) is 0 Å². The fourth-order valence-electron chi connectivity index (χ4n) is 1.23. The maximum absolute atomic E-state index is 4.11. The van der Waals surface area contributed by atoms with Crippen molar-refractivity contribution in [2.75, 3.05) is 0 Å². The number of hydrogen-bond acceptors (Lipinski definition) is 2. The highest BCUT2D eigenvalue weighted by atomic mass is 15.5. The minimum absolute atomic E-state index is 0.495. The van der Waals surface area contributed by atoms with Crippen LogP contribution < -0.4 is 0 Å². The lowest BCUT2D eigenvalue weighted by atomic mass is 10.1. The van der Waals surface area contributed by atoms with Gasteiger partial charge in [-0.25, -0.2) is 0 Å². The van der Waals surface area contributed by atoms with Crippen molar-refractivity contribution < 1.29 is 0 Å². The molecule has 3 nitrogen and oxygen atoms in total. The zero-order valence-electron chi connectivity index (χ0n) is 7.20. The molecule has 0 aromatic carbocycles. The fraction of sp³-hybridized carbons (Fsp3) is 0.750. The van der Waals surface area contributed by atoms with Crippen LogP contribution in [0.5, 0.6) is 0 Å². The van der Waals surface area contributed by atoms with Gasteiger partial charge in [0.1, 0.15) is 0 Å². The van der Waals surface area contributed by atoms with Gasteiger partial charge < -0.3 is 0 Å². The highest BCUT2D eigenvalue weighted by molar-refractivity contribution is 4.66. The Kier molecular flexibility index (Phi) is 3.08. The second kappa shape index (κ2) is 4.11. The summed E-state index contributed by atoms with van der Waals surface area (Å²) in [6, 6.07) is 0.495. The summed E-state index contributed by atoms with van der Waals surface area (Å²) >= 11 is 0. The molecule has 1 heterocycles. The second-order valence-corrected chi connectivity index (χ2v) is 2.70. The third-order valence-electron chi connectivity index (χ3n) is 1.86. The van der Waals surface area contributed by atoms with Gasteiger partial charge in [0.2, 0.25) is 0 Å². The number of nitrogens with zero attached hydrogens (tertiary/aromatic N) is 3. The van der Waals surface area contributed by atoms with Crippen LogP contribution in [0.2, 0.25) is 0 Å². The molecule has 0 spiro atoms. The van der Waals surface area contributed by atoms with Crippen molar-refractivity contribution in [3.05, 3.63) is 12.4 Å². The molecule has 3 heteroatoms. The Bertz CT molecular complexity index is 181. The molecule has 11 heavy (non-hydrogen) atoms. The predicted octanol–water partition coefficient (Wildman–Crippen LogP) is 2.03. The smallest absolute Gasteiger partial charge is 0.0713 e. The normalized spacial score (nSPS) is 13.3. The molecule has 0 aliphatic heterocycles. The van der Waals surface area contributed by atoms with E-state index in [1.54, 1.807) is 12.4 Å². The molecule has 0 amide bonds. The summed E-state index contributed by atoms with van der Waals surface area (Å²) < 4.78 is 0. The van der Waals surface area contributed by atoms with Crippen LogP contribution >= 0.6 is 0 Å². The Labute approximate surface area is 67.4 Å². The predicted molar refractivity (Wildman–Crippen MR) is 44.3 cm³/mol. The van der Waals surface area contributed by atoms with Crippen LogP contribution in [0.15, 0.2) is 12.4 Å². The van der Waals surface area contributed by atoms with Crippen LogP contribution in [0.3, 0.4) is 0 Å². The summed E-state index contributed by atoms with van der Waals surface area (Å²) in [7, 11) is 0. The zero-order chi connectivity index (χ0) is 8.10. The van der Waals surface area contributed by atoms with Crippen LogP contribution in [-0.4, -0.2) is 15.0 Å². The molecule has 0 N–H and O–H groups in total. The summed E-state index contributed by atoms with van der Waals surface area (Å²) in [6.45, 7) is 4.36. The summed E-state index contributed by atoms with van der Waals surface area (Å²) in [5.74, 6) is 0. The van der Waals surface area contributed by atoms with Gasteiger partial charge in [0.15, 0.2) is 0 Å². The van der Waals surface area contributed by atoms with Crippen LogP contribution in [0.1, 0.15) is 39.2 Å². The first-order valence-corrected chi connectivity index (χ1v) is 4.24. The maximum Gasteiger partial charge on any atom is 0.0713 e. The minimum Gasteiger partial charge on any atom is -0.182 e. The van der Waals surface area contributed by atoms with E-state index in [2.05, 4.69) is 24.0 Å². The Morgan fingerprint density at radius 3 is 2.36 bits per heavy atom. The Hall–Kier alpha value is -0.860. The van der Waals surface area contributed by atoms with Crippen LogP contribution in [0.4, 0.5) is 0 Å². The van der Waals surface area contributed by atoms with E-state index >= 15 is 0 Å². The Morgan fingerprint density at radius 1 is 1.27 bits per heavy atom. The molecule has 0 aliphatic carbocycles. The lowest BCUT2D eigenvalue weighted by Gasteiger charge is -2.11. The molecule has 0 radical (unpaired) electrons. The van der Waals surface area contributed by atoms with Gasteiger partial charge in [-0.2, -0.15) is 15.0 Å². The first-order chi connectivity index (χ1) is 5.38. The van der Waals surface area contributed by atoms with Gasteiger partial charge >= 0.3 is 0 Å². The molecule has 1 atom stereocenters. The van der Waals surface area contributed by atoms with Crippen molar-refractivity contribution in [1.82, 2.24) is 15.0 Å². The van der Waals surface area contributed by atoms with Crippen LogP contribution in [0.25, 0.3) is 0 Å². The average Bonchev–Trinajstić information content (AvgIpc) is 2.52. The topological polar surface area (TPSA) is 30.7 Å². The molecule has 1 aromatic rings. The Morgan fingerprint density at radius 2 is 1.91 bits per heavy atom. The molecular weight excluding hydrogens is 138 g/mol. The van der Waals surface area contributed by atoms with E-state index < -0.39 is 0 Å². The molecule has 1 rings (SSSR count). The molecular formula is C8H15N3. The number of rotatable bonds is 4. The average molecular weight is 153 g/mol. The van der Waals surface area contributed by atoms with Crippen molar-refractivity contribution >= 4 is 0 Å². The standard InChI is InChI=1S/C8H15N3/c1-3-5-8(4-2)11-9-6-7-10-11/h6-8H,3-5H2,1-2H3. The minimum atomic E-state index is 0.495. The number of hydrogen-bond donors (Lipinski definition) is 0. The summed E-state index contributed by atoms with van der Waals surface area (Å²) in [4.78, 5) is 1.81. The zero-order valence-corrected chi connectivity index (χ0v) is 7.20. The van der Waals surface area contributed by atoms with Gasteiger partial charge in [-0.3, -0.25) is 0 Å². The quantitative estimate of drug-likeness (QED) is 0.662. The highest BCUT2D eigenvalue weighted by Gasteiger charge is 2.07. The van der Waals surface area contributed by atoms with Gasteiger partial charge in [0.25, 0.3) is 0 Å². The highest BCUT2D eigenvalue weighted by Crippen LogP contribution is 2.14. The first kappa shape index (κ1) is 8.24. The third kappa shape index (κ3) is 2.03. The van der Waals surface area contributed by atoms with E-state index in [1.807, 2.05) is 4.80 Å². The van der Waals surface area contributed by atoms with Crippen molar-refractivity contribution in [1.29, 1.82) is 0 Å². The second-order valence-electron chi connectivity index (χ2n) is 2.70. The Balaban J connectivity index is 2.56. The molecule has 0 bridgehead atoms. The van der Waals surface area contributed by atoms with Gasteiger partial charge in [-0.05, 0) is 12.8 Å². The largest absolute Gasteiger partial charge is 0.182 e. The van der Waals surface area contributed by atoms with E-state index in [9.17, 15) is 0 Å². The van der Waals surface area contributed by atoms with Crippen molar-refractivity contribution in [3.63, 3.8) is 0 Å². The van der Waals surface area contributed by atoms with E-state index in [1.165, 1.54) is 12.8 Å². The van der Waals surface area contributed by atoms with E-state index in [0.29, 0.717) is 6.04 Å². The molecule has 1 unspecified atom stereocenters. The fourth-order valence-corrected chi connectivity index (χ4v) is 1.23. The van der Waals surface area contributed by atoms with E-state index in [0.717, 1.165) is 6.42 Å². The molecule has 0 saturated carbocycles. The monoisotopic (exact) mass is 153 g/mol. The van der Waals surface area contributed by atoms with Crippen molar-refractivity contribution in [2.24, 2.45) is 0 Å². The third-order valence-corrected chi connectivity index (χ3v) is 1.86. The van der Waals surface area contributed by atoms with Gasteiger partial charge in [-0.15, -0.1) is 0 Å². The first-order valence-electron chi connectivity index (χ1n) is 4.24. The summed E-state index contributed by atoms with van der Waals surface area (Å²) in [5.41, 5.74) is 0. The van der Waals surface area contributed by atoms with E-state index in [4.69, 9.17) is 0 Å². The van der Waals surface area contributed by atoms with Gasteiger partial charge in [0.05, 0.1) is 18.4 Å². The molecule has 1 aromatic heterocycles. The van der Waals surface area contributed by atoms with Crippen molar-refractivity contribution in [3.8, 4) is 0 Å². The summed E-state index contributed by atoms with van der Waals surface area (Å²) in [6.07, 6.45) is 6.95. The van der Waals surface area contributed by atoms with Crippen LogP contribution in [0, 0.1) is 0 Å².